The van der Waals surface area contributed by atoms with Gasteiger partial charge in [-0.3, -0.25) is 0 Å². The first kappa shape index (κ1) is 7.38. The summed E-state index contributed by atoms with van der Waals surface area (Å²) in [4.78, 5) is 0. The first-order chi connectivity index (χ1) is 5.27. The third-order valence-electron chi connectivity index (χ3n) is 1.80. The van der Waals surface area contributed by atoms with Crippen molar-refractivity contribution in [2.24, 2.45) is 0 Å². The molecule has 0 atom stereocenters. The number of halogens is 2. The third-order valence-corrected chi connectivity index (χ3v) is 2.64. The van der Waals surface area contributed by atoms with Crippen molar-refractivity contribution in [3.63, 3.8) is 0 Å². The molecule has 0 amide bonds. The number of fused-ring (bicyclic) bond motifs is 1. The van der Waals surface area contributed by atoms with E-state index in [0.29, 0.717) is 0 Å². The van der Waals surface area contributed by atoms with E-state index in [1.165, 1.54) is 15.6 Å². The lowest BCUT2D eigenvalue weighted by molar-refractivity contribution is 1.30. The van der Waals surface area contributed by atoms with Gasteiger partial charge < -0.3 is 0 Å². The van der Waals surface area contributed by atoms with Gasteiger partial charge in [0.25, 0.3) is 0 Å². The molecular formula is C9H6BrCl. The second kappa shape index (κ2) is 2.65. The van der Waals surface area contributed by atoms with Gasteiger partial charge in [0.05, 0.1) is 0 Å². The van der Waals surface area contributed by atoms with Crippen LogP contribution in [0.4, 0.5) is 0 Å². The summed E-state index contributed by atoms with van der Waals surface area (Å²) in [6.45, 7) is 0. The molecule has 0 heterocycles. The molecule has 0 saturated carbocycles. The Labute approximate surface area is 79.0 Å². The summed E-state index contributed by atoms with van der Waals surface area (Å²) in [6, 6.07) is 6.01. The van der Waals surface area contributed by atoms with Crippen LogP contribution in [0.15, 0.2) is 22.7 Å². The molecule has 0 aliphatic heterocycles. The molecule has 2 rings (SSSR count). The zero-order valence-corrected chi connectivity index (χ0v) is 8.11. The predicted octanol–water partition coefficient (Wildman–Crippen LogP) is 3.63. The van der Waals surface area contributed by atoms with E-state index < -0.39 is 0 Å². The van der Waals surface area contributed by atoms with Gasteiger partial charge in [-0.25, -0.2) is 0 Å². The van der Waals surface area contributed by atoms with Crippen LogP contribution >= 0.6 is 27.5 Å². The normalized spacial score (nSPS) is 14.5. The van der Waals surface area contributed by atoms with Crippen LogP contribution in [0.25, 0.3) is 6.08 Å². The molecule has 1 aromatic rings. The summed E-state index contributed by atoms with van der Waals surface area (Å²) < 4.78 is 1.21. The van der Waals surface area contributed by atoms with Crippen molar-refractivity contribution in [3.05, 3.63) is 38.8 Å². The quantitative estimate of drug-likeness (QED) is 0.637. The fraction of sp³-hybridized carbons (Fsp3) is 0.111. The van der Waals surface area contributed by atoms with Crippen LogP contribution in [0, 0.1) is 0 Å². The molecule has 0 bridgehead atoms. The molecule has 1 aliphatic carbocycles. The van der Waals surface area contributed by atoms with Crippen LogP contribution in [0.1, 0.15) is 11.1 Å². The van der Waals surface area contributed by atoms with E-state index in [1.54, 1.807) is 0 Å². The second-order valence-electron chi connectivity index (χ2n) is 2.58. The van der Waals surface area contributed by atoms with Gasteiger partial charge in [0.1, 0.15) is 0 Å². The fourth-order valence-corrected chi connectivity index (χ4v) is 2.07. The van der Waals surface area contributed by atoms with Gasteiger partial charge in [-0.1, -0.05) is 39.7 Å². The molecule has 0 aromatic heterocycles. The largest absolute Gasteiger partial charge is 0.0837 e. The van der Waals surface area contributed by atoms with Gasteiger partial charge in [-0.15, -0.1) is 0 Å². The van der Waals surface area contributed by atoms with E-state index in [1.807, 2.05) is 12.1 Å². The van der Waals surface area contributed by atoms with Crippen LogP contribution in [0.3, 0.4) is 0 Å². The third kappa shape index (κ3) is 1.23. The van der Waals surface area contributed by atoms with Gasteiger partial charge in [0.2, 0.25) is 0 Å². The molecule has 56 valence electrons. The predicted molar refractivity (Wildman–Crippen MR) is 52.1 cm³/mol. The van der Waals surface area contributed by atoms with E-state index in [2.05, 4.69) is 28.1 Å². The van der Waals surface area contributed by atoms with Gasteiger partial charge in [0.15, 0.2) is 0 Å². The standard InChI is InChI=1S/C9H6BrCl/c10-7-4-6-2-1-3-9(11)8(6)5-7/h1-3,5H,4H2. The Morgan fingerprint density at radius 1 is 1.36 bits per heavy atom. The monoisotopic (exact) mass is 228 g/mol. The highest BCUT2D eigenvalue weighted by molar-refractivity contribution is 9.11. The number of allylic oxidation sites excluding steroid dienone is 1. The summed E-state index contributed by atoms with van der Waals surface area (Å²) in [6.07, 6.45) is 3.06. The lowest BCUT2D eigenvalue weighted by atomic mass is 10.1. The molecular weight excluding hydrogens is 223 g/mol. The molecule has 0 fully saturated rings. The number of hydrogen-bond donors (Lipinski definition) is 0. The van der Waals surface area contributed by atoms with Crippen molar-refractivity contribution in [3.8, 4) is 0 Å². The number of benzene rings is 1. The molecule has 0 unspecified atom stereocenters. The SMILES string of the molecule is Clc1cccc2c1C=C(Br)C2. The summed E-state index contributed by atoms with van der Waals surface area (Å²) in [5.74, 6) is 0. The Bertz CT molecular complexity index is 328. The van der Waals surface area contributed by atoms with E-state index in [9.17, 15) is 0 Å². The van der Waals surface area contributed by atoms with Crippen LogP contribution in [0.5, 0.6) is 0 Å². The molecule has 1 aromatic carbocycles. The average molecular weight is 230 g/mol. The Balaban J connectivity index is 2.61. The number of hydrogen-bond acceptors (Lipinski definition) is 0. The zero-order valence-electron chi connectivity index (χ0n) is 5.77. The Hall–Kier alpha value is -0.270. The van der Waals surface area contributed by atoms with E-state index in [0.717, 1.165) is 11.4 Å². The van der Waals surface area contributed by atoms with Gasteiger partial charge in [-0.2, -0.15) is 0 Å². The Kier molecular flexibility index (Phi) is 1.78. The highest BCUT2D eigenvalue weighted by atomic mass is 79.9. The summed E-state index contributed by atoms with van der Waals surface area (Å²) in [7, 11) is 0. The Morgan fingerprint density at radius 2 is 2.18 bits per heavy atom. The van der Waals surface area contributed by atoms with Gasteiger partial charge in [-0.05, 0) is 23.3 Å². The van der Waals surface area contributed by atoms with Crippen molar-refractivity contribution in [2.75, 3.05) is 0 Å². The summed E-state index contributed by atoms with van der Waals surface area (Å²) in [5, 5.41) is 0.844. The van der Waals surface area contributed by atoms with Crippen molar-refractivity contribution in [1.82, 2.24) is 0 Å². The first-order valence-corrected chi connectivity index (χ1v) is 4.58. The maximum Gasteiger partial charge on any atom is 0.0481 e. The van der Waals surface area contributed by atoms with Crippen LogP contribution in [-0.4, -0.2) is 0 Å². The lowest BCUT2D eigenvalue weighted by Gasteiger charge is -1.98. The van der Waals surface area contributed by atoms with E-state index in [-0.39, 0.29) is 0 Å². The lowest BCUT2D eigenvalue weighted by Crippen LogP contribution is -1.80. The summed E-state index contributed by atoms with van der Waals surface area (Å²) >= 11 is 9.43. The maximum atomic E-state index is 5.97. The first-order valence-electron chi connectivity index (χ1n) is 3.41. The highest BCUT2D eigenvalue weighted by Crippen LogP contribution is 2.32. The smallest absolute Gasteiger partial charge is 0.0481 e. The van der Waals surface area contributed by atoms with Crippen molar-refractivity contribution in [2.45, 2.75) is 6.42 Å². The molecule has 2 heteroatoms. The molecule has 0 spiro atoms. The fourth-order valence-electron chi connectivity index (χ4n) is 1.29. The van der Waals surface area contributed by atoms with Crippen molar-refractivity contribution >= 4 is 33.6 Å². The average Bonchev–Trinajstić information content (AvgIpc) is 2.31. The van der Waals surface area contributed by atoms with Crippen molar-refractivity contribution in [1.29, 1.82) is 0 Å². The Morgan fingerprint density at radius 3 is 2.91 bits per heavy atom. The topological polar surface area (TPSA) is 0 Å². The molecule has 0 nitrogen and oxygen atoms in total. The second-order valence-corrected chi connectivity index (χ2v) is 4.01. The van der Waals surface area contributed by atoms with E-state index in [4.69, 9.17) is 11.6 Å². The van der Waals surface area contributed by atoms with Gasteiger partial charge in [0, 0.05) is 15.9 Å². The number of rotatable bonds is 0. The molecule has 11 heavy (non-hydrogen) atoms. The minimum absolute atomic E-state index is 0.844. The zero-order chi connectivity index (χ0) is 7.84. The maximum absolute atomic E-state index is 5.97. The highest BCUT2D eigenvalue weighted by Gasteiger charge is 2.12. The minimum atomic E-state index is 0.844. The van der Waals surface area contributed by atoms with Crippen LogP contribution < -0.4 is 0 Å². The molecule has 0 saturated heterocycles. The van der Waals surface area contributed by atoms with Gasteiger partial charge >= 0.3 is 0 Å². The molecule has 1 aliphatic rings. The molecule has 0 N–H and O–H groups in total. The van der Waals surface area contributed by atoms with Crippen LogP contribution in [0.2, 0.25) is 5.02 Å². The van der Waals surface area contributed by atoms with Crippen molar-refractivity contribution < 1.29 is 0 Å². The molecule has 0 radical (unpaired) electrons. The summed E-state index contributed by atoms with van der Waals surface area (Å²) in [5.41, 5.74) is 2.48. The van der Waals surface area contributed by atoms with E-state index >= 15 is 0 Å². The minimum Gasteiger partial charge on any atom is -0.0837 e. The van der Waals surface area contributed by atoms with Crippen LogP contribution in [-0.2, 0) is 6.42 Å².